The summed E-state index contributed by atoms with van der Waals surface area (Å²) in [5.41, 5.74) is 4.12. The molecular weight excluding hydrogens is 378 g/mol. The van der Waals surface area contributed by atoms with Crippen molar-refractivity contribution in [3.63, 3.8) is 0 Å². The fourth-order valence-corrected chi connectivity index (χ4v) is 4.73. The molecule has 144 valence electrons. The van der Waals surface area contributed by atoms with Crippen LogP contribution in [0.2, 0.25) is 0 Å². The average Bonchev–Trinajstić information content (AvgIpc) is 3.38. The van der Waals surface area contributed by atoms with Gasteiger partial charge in [-0.05, 0) is 24.6 Å². The van der Waals surface area contributed by atoms with Crippen LogP contribution in [-0.4, -0.2) is 26.3 Å². The highest BCUT2D eigenvalue weighted by Gasteiger charge is 2.35. The van der Waals surface area contributed by atoms with Crippen molar-refractivity contribution in [1.29, 1.82) is 5.26 Å². The summed E-state index contributed by atoms with van der Waals surface area (Å²) < 4.78 is 2.07. The maximum atomic E-state index is 12.9. The second-order valence-corrected chi connectivity index (χ2v) is 7.47. The van der Waals surface area contributed by atoms with Crippen LogP contribution in [0.4, 0.5) is 0 Å². The fourth-order valence-electron chi connectivity index (χ4n) is 4.73. The molecule has 0 aliphatic carbocycles. The standard InChI is InChI=1S/C23H15N5O2/c24-9-3-4-11-28-20-16(13-7-5-10-25-21(13)28)18-17(22(29)27-23(18)30)15-12-6-1-2-8-14(12)26-19(15)20/h1-2,5-8,10,26H,3-4,11H2,(H,27,29,30). The number of H-pyrrole nitrogens is 1. The molecule has 3 aromatic heterocycles. The van der Waals surface area contributed by atoms with Gasteiger partial charge in [0.1, 0.15) is 5.65 Å². The summed E-state index contributed by atoms with van der Waals surface area (Å²) in [5, 5.41) is 14.7. The molecule has 2 aromatic carbocycles. The van der Waals surface area contributed by atoms with Gasteiger partial charge in [0.15, 0.2) is 0 Å². The third-order valence-corrected chi connectivity index (χ3v) is 5.86. The van der Waals surface area contributed by atoms with Gasteiger partial charge in [-0.2, -0.15) is 5.26 Å². The number of aromatic nitrogens is 3. The van der Waals surface area contributed by atoms with Gasteiger partial charge in [0, 0.05) is 46.2 Å². The van der Waals surface area contributed by atoms with Crippen LogP contribution in [0.3, 0.4) is 0 Å². The Balaban J connectivity index is 1.91. The predicted molar refractivity (Wildman–Crippen MR) is 113 cm³/mol. The highest BCUT2D eigenvalue weighted by Crippen LogP contribution is 2.43. The van der Waals surface area contributed by atoms with Crippen LogP contribution < -0.4 is 5.32 Å². The summed E-state index contributed by atoms with van der Waals surface area (Å²) in [7, 11) is 0. The van der Waals surface area contributed by atoms with E-state index in [1.165, 1.54) is 0 Å². The third-order valence-electron chi connectivity index (χ3n) is 5.86. The first-order valence-corrected chi connectivity index (χ1v) is 9.76. The maximum absolute atomic E-state index is 12.9. The fraction of sp³-hybridized carbons (Fsp3) is 0.130. The summed E-state index contributed by atoms with van der Waals surface area (Å²) in [6, 6.07) is 13.7. The van der Waals surface area contributed by atoms with Crippen LogP contribution in [-0.2, 0) is 6.54 Å². The normalized spacial score (nSPS) is 13.4. The minimum absolute atomic E-state index is 0.374. The first kappa shape index (κ1) is 16.7. The number of imide groups is 1. The lowest BCUT2D eigenvalue weighted by atomic mass is 9.97. The van der Waals surface area contributed by atoms with Gasteiger partial charge >= 0.3 is 0 Å². The highest BCUT2D eigenvalue weighted by atomic mass is 16.2. The number of pyridine rings is 1. The van der Waals surface area contributed by atoms with Gasteiger partial charge in [0.2, 0.25) is 0 Å². The first-order valence-electron chi connectivity index (χ1n) is 9.76. The Morgan fingerprint density at radius 2 is 1.77 bits per heavy atom. The summed E-state index contributed by atoms with van der Waals surface area (Å²) in [6.07, 6.45) is 2.81. The number of nitrogens with zero attached hydrogens (tertiary/aromatic N) is 3. The molecule has 0 bridgehead atoms. The molecule has 7 heteroatoms. The number of aromatic amines is 1. The quantitative estimate of drug-likeness (QED) is 0.357. The van der Waals surface area contributed by atoms with Gasteiger partial charge in [0.05, 0.1) is 28.2 Å². The number of nitrogens with one attached hydrogen (secondary N) is 2. The minimum atomic E-state index is -0.382. The van der Waals surface area contributed by atoms with E-state index < -0.39 is 0 Å². The highest BCUT2D eigenvalue weighted by molar-refractivity contribution is 6.39. The molecule has 0 atom stereocenters. The van der Waals surface area contributed by atoms with Crippen LogP contribution in [0, 0.1) is 11.3 Å². The lowest BCUT2D eigenvalue weighted by Gasteiger charge is -2.08. The van der Waals surface area contributed by atoms with E-state index >= 15 is 0 Å². The third kappa shape index (κ3) is 2.00. The van der Waals surface area contributed by atoms with Gasteiger partial charge in [0.25, 0.3) is 11.8 Å². The summed E-state index contributed by atoms with van der Waals surface area (Å²) in [5.74, 6) is -0.756. The predicted octanol–water partition coefficient (Wildman–Crippen LogP) is 4.01. The molecular formula is C23H15N5O2. The number of hydrogen-bond acceptors (Lipinski definition) is 4. The van der Waals surface area contributed by atoms with E-state index in [2.05, 4.69) is 25.9 Å². The van der Waals surface area contributed by atoms with Crippen molar-refractivity contribution in [1.82, 2.24) is 19.9 Å². The molecule has 5 aromatic rings. The second-order valence-electron chi connectivity index (χ2n) is 7.47. The molecule has 0 radical (unpaired) electrons. The number of unbranched alkanes of at least 4 members (excludes halogenated alkanes) is 1. The van der Waals surface area contributed by atoms with Crippen molar-refractivity contribution >= 4 is 55.6 Å². The Hall–Kier alpha value is -4.18. The number of para-hydroxylation sites is 1. The number of aryl methyl sites for hydroxylation is 1. The Kier molecular flexibility index (Phi) is 3.30. The number of hydrogen-bond donors (Lipinski definition) is 2. The van der Waals surface area contributed by atoms with E-state index in [-0.39, 0.29) is 11.8 Å². The lowest BCUT2D eigenvalue weighted by molar-refractivity contribution is 0.0880. The molecule has 4 heterocycles. The zero-order chi connectivity index (χ0) is 20.4. The number of carbonyl (C=O) groups excluding carboxylic acids is 2. The second kappa shape index (κ2) is 5.91. The first-order chi connectivity index (χ1) is 14.7. The summed E-state index contributed by atoms with van der Waals surface area (Å²) in [6.45, 7) is 0.587. The summed E-state index contributed by atoms with van der Waals surface area (Å²) >= 11 is 0. The molecule has 30 heavy (non-hydrogen) atoms. The van der Waals surface area contributed by atoms with E-state index in [1.807, 2.05) is 36.4 Å². The van der Waals surface area contributed by atoms with Crippen molar-refractivity contribution in [2.75, 3.05) is 0 Å². The smallest absolute Gasteiger partial charge is 0.259 e. The van der Waals surface area contributed by atoms with Crippen LogP contribution in [0.5, 0.6) is 0 Å². The van der Waals surface area contributed by atoms with Crippen LogP contribution in [0.1, 0.15) is 33.6 Å². The van der Waals surface area contributed by atoms with E-state index in [0.717, 1.165) is 43.7 Å². The van der Waals surface area contributed by atoms with Crippen LogP contribution in [0.15, 0.2) is 42.6 Å². The van der Waals surface area contributed by atoms with Crippen LogP contribution >= 0.6 is 0 Å². The Labute approximate surface area is 169 Å². The maximum Gasteiger partial charge on any atom is 0.259 e. The van der Waals surface area contributed by atoms with E-state index in [1.54, 1.807) is 6.20 Å². The molecule has 0 fully saturated rings. The van der Waals surface area contributed by atoms with Crippen molar-refractivity contribution in [3.8, 4) is 6.07 Å². The molecule has 7 nitrogen and oxygen atoms in total. The number of amides is 2. The number of nitriles is 1. The van der Waals surface area contributed by atoms with E-state index in [4.69, 9.17) is 5.26 Å². The van der Waals surface area contributed by atoms with Crippen molar-refractivity contribution in [2.24, 2.45) is 0 Å². The van der Waals surface area contributed by atoms with Gasteiger partial charge in [-0.15, -0.1) is 0 Å². The lowest BCUT2D eigenvalue weighted by Crippen LogP contribution is -2.20. The van der Waals surface area contributed by atoms with Crippen LogP contribution in [0.25, 0.3) is 43.7 Å². The molecule has 1 aliphatic heterocycles. The Morgan fingerprint density at radius 1 is 1.00 bits per heavy atom. The van der Waals surface area contributed by atoms with Crippen molar-refractivity contribution in [3.05, 3.63) is 53.7 Å². The van der Waals surface area contributed by atoms with E-state index in [9.17, 15) is 9.59 Å². The minimum Gasteiger partial charge on any atom is -0.353 e. The number of benzene rings is 2. The van der Waals surface area contributed by atoms with Crippen molar-refractivity contribution in [2.45, 2.75) is 19.4 Å². The van der Waals surface area contributed by atoms with E-state index in [0.29, 0.717) is 30.5 Å². The zero-order valence-corrected chi connectivity index (χ0v) is 15.8. The van der Waals surface area contributed by atoms with Gasteiger partial charge in [-0.1, -0.05) is 18.2 Å². The number of fused-ring (bicyclic) bond motifs is 10. The van der Waals surface area contributed by atoms with Gasteiger partial charge in [-0.3, -0.25) is 14.9 Å². The molecule has 0 saturated carbocycles. The molecule has 0 saturated heterocycles. The Bertz CT molecular complexity index is 1600. The number of carbonyl (C=O) groups is 2. The average molecular weight is 393 g/mol. The molecule has 1 aliphatic rings. The van der Waals surface area contributed by atoms with Gasteiger partial charge < -0.3 is 9.55 Å². The Morgan fingerprint density at radius 3 is 2.60 bits per heavy atom. The van der Waals surface area contributed by atoms with Gasteiger partial charge in [-0.25, -0.2) is 4.98 Å². The molecule has 6 rings (SSSR count). The summed E-state index contributed by atoms with van der Waals surface area (Å²) in [4.78, 5) is 33.8. The monoisotopic (exact) mass is 393 g/mol. The molecule has 0 unspecified atom stereocenters. The largest absolute Gasteiger partial charge is 0.353 e. The molecule has 2 N–H and O–H groups in total. The number of rotatable bonds is 3. The molecule has 2 amide bonds. The zero-order valence-electron chi connectivity index (χ0n) is 15.8. The topological polar surface area (TPSA) is 104 Å². The SMILES string of the molecule is N#CCCCn1c2ncccc2c2c3c(c4c5ccccc5[nH]c4c21)C(=O)NC3=O. The molecule has 0 spiro atoms. The van der Waals surface area contributed by atoms with Crippen molar-refractivity contribution < 1.29 is 9.59 Å².